The molecule has 19 heavy (non-hydrogen) atoms. The Kier molecular flexibility index (Phi) is 4.76. The van der Waals surface area contributed by atoms with Crippen molar-refractivity contribution in [3.8, 4) is 0 Å². The van der Waals surface area contributed by atoms with Crippen molar-refractivity contribution >= 4 is 15.9 Å². The molecule has 0 radical (unpaired) electrons. The van der Waals surface area contributed by atoms with Gasteiger partial charge in [0.25, 0.3) is 0 Å². The highest BCUT2D eigenvalue weighted by Gasteiger charge is 2.23. The van der Waals surface area contributed by atoms with Gasteiger partial charge in [-0.3, -0.25) is 0 Å². The van der Waals surface area contributed by atoms with Crippen LogP contribution < -0.4 is 0 Å². The van der Waals surface area contributed by atoms with Crippen molar-refractivity contribution in [1.82, 2.24) is 0 Å². The normalized spacial score (nSPS) is 18.8. The highest BCUT2D eigenvalue weighted by atomic mass is 79.9. The number of fused-ring (bicyclic) bond motifs is 1. The predicted molar refractivity (Wildman–Crippen MR) is 88.0 cm³/mol. The molecule has 2 unspecified atom stereocenters. The van der Waals surface area contributed by atoms with E-state index in [0.717, 1.165) is 0 Å². The number of benzene rings is 1. The lowest BCUT2D eigenvalue weighted by molar-refractivity contribution is 0.246. The first-order valence-corrected chi connectivity index (χ1v) is 8.55. The Balaban J connectivity index is 2.09. The summed E-state index contributed by atoms with van der Waals surface area (Å²) in [4.78, 5) is 0.494. The first kappa shape index (κ1) is 15.1. The molecule has 2 rings (SSSR count). The molecular weight excluding hydrogens is 296 g/mol. The van der Waals surface area contributed by atoms with Gasteiger partial charge in [0, 0.05) is 4.83 Å². The van der Waals surface area contributed by atoms with Crippen molar-refractivity contribution in [3.05, 3.63) is 34.9 Å². The Bertz CT molecular complexity index is 428. The zero-order chi connectivity index (χ0) is 14.0. The highest BCUT2D eigenvalue weighted by molar-refractivity contribution is 9.09. The summed E-state index contributed by atoms with van der Waals surface area (Å²) in [5.41, 5.74) is 5.03. The quantitative estimate of drug-likeness (QED) is 0.592. The lowest BCUT2D eigenvalue weighted by atomic mass is 9.78. The summed E-state index contributed by atoms with van der Waals surface area (Å²) in [7, 11) is 0. The molecule has 0 heterocycles. The van der Waals surface area contributed by atoms with Crippen molar-refractivity contribution in [1.29, 1.82) is 0 Å². The molecule has 1 heteroatoms. The summed E-state index contributed by atoms with van der Waals surface area (Å²) in [5, 5.41) is 0. The molecule has 0 bridgehead atoms. The van der Waals surface area contributed by atoms with Gasteiger partial charge in [-0.05, 0) is 60.1 Å². The van der Waals surface area contributed by atoms with Crippen molar-refractivity contribution in [2.75, 3.05) is 0 Å². The Morgan fingerprint density at radius 2 is 1.74 bits per heavy atom. The van der Waals surface area contributed by atoms with Gasteiger partial charge in [0.15, 0.2) is 0 Å². The van der Waals surface area contributed by atoms with Crippen molar-refractivity contribution in [3.63, 3.8) is 0 Å². The fourth-order valence-electron chi connectivity index (χ4n) is 2.75. The number of aryl methyl sites for hydroxylation is 2. The van der Waals surface area contributed by atoms with E-state index in [-0.39, 0.29) is 0 Å². The molecule has 0 saturated carbocycles. The third kappa shape index (κ3) is 3.84. The smallest absolute Gasteiger partial charge is 0.0398 e. The Hall–Kier alpha value is -0.300. The van der Waals surface area contributed by atoms with Crippen LogP contribution in [0.1, 0.15) is 68.5 Å². The van der Waals surface area contributed by atoms with E-state index >= 15 is 0 Å². The number of halogens is 1. The molecule has 106 valence electrons. The summed E-state index contributed by atoms with van der Waals surface area (Å²) in [6.45, 7) is 9.38. The summed E-state index contributed by atoms with van der Waals surface area (Å²) in [6, 6.07) is 7.14. The lowest BCUT2D eigenvalue weighted by Gasteiger charge is -2.29. The average molecular weight is 323 g/mol. The molecule has 1 aliphatic rings. The third-order valence-electron chi connectivity index (χ3n) is 4.77. The molecule has 0 amide bonds. The molecule has 1 aromatic carbocycles. The number of hydrogen-bond donors (Lipinski definition) is 0. The van der Waals surface area contributed by atoms with Gasteiger partial charge in [0.1, 0.15) is 0 Å². The predicted octanol–water partition coefficient (Wildman–Crippen LogP) is 6.07. The second kappa shape index (κ2) is 5.99. The molecule has 1 aromatic rings. The van der Waals surface area contributed by atoms with Gasteiger partial charge >= 0.3 is 0 Å². The second-order valence-corrected chi connectivity index (χ2v) is 8.31. The molecule has 0 saturated heterocycles. The maximum Gasteiger partial charge on any atom is 0.0398 e. The molecule has 0 N–H and O–H groups in total. The summed E-state index contributed by atoms with van der Waals surface area (Å²) < 4.78 is 0. The maximum absolute atomic E-state index is 3.91. The highest BCUT2D eigenvalue weighted by Crippen LogP contribution is 2.38. The molecule has 0 spiro atoms. The van der Waals surface area contributed by atoms with Crippen molar-refractivity contribution < 1.29 is 0 Å². The zero-order valence-electron chi connectivity index (χ0n) is 12.8. The number of hydrogen-bond acceptors (Lipinski definition) is 0. The average Bonchev–Trinajstić information content (AvgIpc) is 2.37. The minimum absolute atomic E-state index is 0.389. The van der Waals surface area contributed by atoms with Crippen LogP contribution in [0.4, 0.5) is 0 Å². The van der Waals surface area contributed by atoms with E-state index in [2.05, 4.69) is 61.8 Å². The van der Waals surface area contributed by atoms with Crippen LogP contribution in [-0.4, -0.2) is 0 Å². The Labute approximate surface area is 127 Å². The Morgan fingerprint density at radius 1 is 1.11 bits per heavy atom. The minimum Gasteiger partial charge on any atom is -0.0839 e. The van der Waals surface area contributed by atoms with Crippen LogP contribution in [0.5, 0.6) is 0 Å². The van der Waals surface area contributed by atoms with E-state index in [1.165, 1.54) is 37.7 Å². The van der Waals surface area contributed by atoms with Crippen molar-refractivity contribution in [2.24, 2.45) is 11.3 Å². The van der Waals surface area contributed by atoms with Gasteiger partial charge in [-0.15, -0.1) is 0 Å². The summed E-state index contributed by atoms with van der Waals surface area (Å²) >= 11 is 3.91. The van der Waals surface area contributed by atoms with Gasteiger partial charge in [0.2, 0.25) is 0 Å². The Morgan fingerprint density at radius 3 is 2.37 bits per heavy atom. The van der Waals surface area contributed by atoms with Crippen LogP contribution in [0.3, 0.4) is 0 Å². The molecular formula is C18H27Br. The van der Waals surface area contributed by atoms with Crippen LogP contribution in [0.25, 0.3) is 0 Å². The van der Waals surface area contributed by atoms with Crippen LogP contribution in [0, 0.1) is 11.3 Å². The fraction of sp³-hybridized carbons (Fsp3) is 0.667. The third-order valence-corrected chi connectivity index (χ3v) is 5.68. The van der Waals surface area contributed by atoms with Gasteiger partial charge < -0.3 is 0 Å². The summed E-state index contributed by atoms with van der Waals surface area (Å²) in [6.07, 6.45) is 6.49. The van der Waals surface area contributed by atoms with E-state index in [1.54, 1.807) is 11.1 Å². The van der Waals surface area contributed by atoms with Gasteiger partial charge in [0.05, 0.1) is 0 Å². The van der Waals surface area contributed by atoms with E-state index < -0.39 is 0 Å². The monoisotopic (exact) mass is 322 g/mol. The van der Waals surface area contributed by atoms with E-state index in [4.69, 9.17) is 0 Å². The van der Waals surface area contributed by atoms with Gasteiger partial charge in [-0.25, -0.2) is 0 Å². The van der Waals surface area contributed by atoms with Crippen LogP contribution in [0.2, 0.25) is 0 Å². The standard InChI is InChI=1S/C18H27Br/c1-13(18(2,3)4)11-17(19)16-10-9-14-7-5-6-8-15(14)12-16/h9-10,12-13,17H,5-8,11H2,1-4H3. The second-order valence-electron chi connectivity index (χ2n) is 7.21. The topological polar surface area (TPSA) is 0 Å². The largest absolute Gasteiger partial charge is 0.0839 e. The number of alkyl halides is 1. The molecule has 2 atom stereocenters. The van der Waals surface area contributed by atoms with Gasteiger partial charge in [-0.2, -0.15) is 0 Å². The van der Waals surface area contributed by atoms with E-state index in [9.17, 15) is 0 Å². The minimum atomic E-state index is 0.389. The summed E-state index contributed by atoms with van der Waals surface area (Å²) in [5.74, 6) is 0.716. The molecule has 0 aliphatic heterocycles. The zero-order valence-corrected chi connectivity index (χ0v) is 14.4. The molecule has 0 nitrogen and oxygen atoms in total. The fourth-order valence-corrected chi connectivity index (χ4v) is 3.59. The van der Waals surface area contributed by atoms with E-state index in [0.29, 0.717) is 16.2 Å². The first-order chi connectivity index (χ1) is 8.88. The molecule has 0 fully saturated rings. The van der Waals surface area contributed by atoms with Crippen molar-refractivity contribution in [2.45, 2.75) is 64.6 Å². The van der Waals surface area contributed by atoms with Gasteiger partial charge in [-0.1, -0.05) is 61.8 Å². The van der Waals surface area contributed by atoms with Crippen LogP contribution in [-0.2, 0) is 12.8 Å². The van der Waals surface area contributed by atoms with Crippen LogP contribution >= 0.6 is 15.9 Å². The SMILES string of the molecule is CC(CC(Br)c1ccc2c(c1)CCCC2)C(C)(C)C. The first-order valence-electron chi connectivity index (χ1n) is 7.63. The number of rotatable bonds is 3. The molecule has 0 aromatic heterocycles. The molecule has 1 aliphatic carbocycles. The lowest BCUT2D eigenvalue weighted by Crippen LogP contribution is -2.18. The van der Waals surface area contributed by atoms with E-state index in [1.807, 2.05) is 0 Å². The van der Waals surface area contributed by atoms with Crippen LogP contribution in [0.15, 0.2) is 18.2 Å². The maximum atomic E-state index is 3.91.